The summed E-state index contributed by atoms with van der Waals surface area (Å²) in [6, 6.07) is 14.6. The molecule has 1 N–H and O–H groups in total. The van der Waals surface area contributed by atoms with Crippen LogP contribution in [-0.2, 0) is 9.84 Å². The van der Waals surface area contributed by atoms with Crippen molar-refractivity contribution in [2.24, 2.45) is 0 Å². The molecule has 0 amide bonds. The van der Waals surface area contributed by atoms with E-state index < -0.39 is 15.9 Å². The molecule has 4 heteroatoms. The minimum Gasteiger partial charge on any atom is -0.389 e. The molecule has 18 heavy (non-hydrogen) atoms. The number of hydrogen-bond acceptors (Lipinski definition) is 3. The van der Waals surface area contributed by atoms with Crippen molar-refractivity contribution in [3.8, 4) is 0 Å². The normalized spacial score (nSPS) is 13.2. The van der Waals surface area contributed by atoms with Crippen LogP contribution in [0.25, 0.3) is 0 Å². The summed E-state index contributed by atoms with van der Waals surface area (Å²) in [7, 11) is -3.46. The van der Waals surface area contributed by atoms with Crippen LogP contribution < -0.4 is 0 Å². The summed E-state index contributed by atoms with van der Waals surface area (Å²) < 4.78 is 24.5. The second kappa shape index (κ2) is 4.92. The average Bonchev–Trinajstić information content (AvgIpc) is 2.40. The number of benzene rings is 2. The highest BCUT2D eigenvalue weighted by atomic mass is 32.2. The van der Waals surface area contributed by atoms with Gasteiger partial charge in [-0.3, -0.25) is 0 Å². The van der Waals surface area contributed by atoms with Crippen LogP contribution in [0.15, 0.2) is 64.4 Å². The Hall–Kier alpha value is -1.65. The molecule has 0 saturated heterocycles. The highest BCUT2D eigenvalue weighted by Gasteiger charge is 2.16. The van der Waals surface area contributed by atoms with Gasteiger partial charge < -0.3 is 5.11 Å². The Morgan fingerprint density at radius 1 is 0.889 bits per heavy atom. The first kappa shape index (κ1) is 12.8. The van der Waals surface area contributed by atoms with E-state index in [9.17, 15) is 13.5 Å². The van der Waals surface area contributed by atoms with E-state index in [4.69, 9.17) is 0 Å². The molecule has 1 unspecified atom stereocenters. The SMILES string of the molecule is CC(O)c1ccc(S(=O)(=O)c2ccccc2)cc1. The Morgan fingerprint density at radius 3 is 1.89 bits per heavy atom. The lowest BCUT2D eigenvalue weighted by Crippen LogP contribution is -2.02. The maximum absolute atomic E-state index is 12.3. The van der Waals surface area contributed by atoms with Crippen LogP contribution in [0.3, 0.4) is 0 Å². The molecule has 0 bridgehead atoms. The summed E-state index contributed by atoms with van der Waals surface area (Å²) in [5, 5.41) is 9.38. The van der Waals surface area contributed by atoms with E-state index in [0.717, 1.165) is 0 Å². The molecule has 3 nitrogen and oxygen atoms in total. The van der Waals surface area contributed by atoms with Crippen molar-refractivity contribution in [3.63, 3.8) is 0 Å². The van der Waals surface area contributed by atoms with Crippen molar-refractivity contribution in [1.82, 2.24) is 0 Å². The quantitative estimate of drug-likeness (QED) is 0.925. The van der Waals surface area contributed by atoms with Crippen LogP contribution in [0, 0.1) is 0 Å². The second-order valence-electron chi connectivity index (χ2n) is 4.06. The van der Waals surface area contributed by atoms with Crippen LogP contribution in [-0.4, -0.2) is 13.5 Å². The fourth-order valence-electron chi connectivity index (χ4n) is 1.66. The van der Waals surface area contributed by atoms with Gasteiger partial charge in [0.05, 0.1) is 15.9 Å². The average molecular weight is 262 g/mol. The molecular formula is C14H14O3S. The van der Waals surface area contributed by atoms with Gasteiger partial charge in [0.2, 0.25) is 9.84 Å². The van der Waals surface area contributed by atoms with Gasteiger partial charge in [-0.2, -0.15) is 0 Å². The molecule has 0 aromatic heterocycles. The lowest BCUT2D eigenvalue weighted by atomic mass is 10.1. The maximum Gasteiger partial charge on any atom is 0.206 e. The molecule has 1 atom stereocenters. The molecule has 2 aromatic carbocycles. The van der Waals surface area contributed by atoms with Crippen molar-refractivity contribution in [3.05, 3.63) is 60.2 Å². The molecule has 0 fully saturated rings. The predicted octanol–water partition coefficient (Wildman–Crippen LogP) is 2.57. The number of aliphatic hydroxyl groups is 1. The highest BCUT2D eigenvalue weighted by Crippen LogP contribution is 2.22. The van der Waals surface area contributed by atoms with E-state index in [1.807, 2.05) is 0 Å². The molecule has 0 spiro atoms. The van der Waals surface area contributed by atoms with Crippen molar-refractivity contribution in [2.45, 2.75) is 22.8 Å². The molecule has 0 saturated carbocycles. The topological polar surface area (TPSA) is 54.4 Å². The molecule has 0 aliphatic carbocycles. The smallest absolute Gasteiger partial charge is 0.206 e. The van der Waals surface area contributed by atoms with Gasteiger partial charge in [-0.25, -0.2) is 8.42 Å². The van der Waals surface area contributed by atoms with E-state index in [1.54, 1.807) is 49.4 Å². The van der Waals surface area contributed by atoms with Gasteiger partial charge in [0.1, 0.15) is 0 Å². The van der Waals surface area contributed by atoms with Gasteiger partial charge in [0.15, 0.2) is 0 Å². The Balaban J connectivity index is 2.43. The van der Waals surface area contributed by atoms with Crippen molar-refractivity contribution >= 4 is 9.84 Å². The summed E-state index contributed by atoms with van der Waals surface area (Å²) in [5.74, 6) is 0. The maximum atomic E-state index is 12.3. The Labute approximate surface area is 107 Å². The van der Waals surface area contributed by atoms with Gasteiger partial charge in [-0.1, -0.05) is 30.3 Å². The minimum atomic E-state index is -3.46. The molecule has 0 aliphatic rings. The van der Waals surface area contributed by atoms with Gasteiger partial charge in [0, 0.05) is 0 Å². The Kier molecular flexibility index (Phi) is 3.50. The molecular weight excluding hydrogens is 248 g/mol. The van der Waals surface area contributed by atoms with E-state index in [0.29, 0.717) is 5.56 Å². The summed E-state index contributed by atoms with van der Waals surface area (Å²) >= 11 is 0. The lowest BCUT2D eigenvalue weighted by Gasteiger charge is -2.07. The van der Waals surface area contributed by atoms with E-state index in [-0.39, 0.29) is 9.79 Å². The molecule has 2 rings (SSSR count). The lowest BCUT2D eigenvalue weighted by molar-refractivity contribution is 0.199. The number of hydrogen-bond donors (Lipinski definition) is 1. The third-order valence-corrected chi connectivity index (χ3v) is 4.51. The zero-order chi connectivity index (χ0) is 13.2. The third kappa shape index (κ3) is 2.44. The predicted molar refractivity (Wildman–Crippen MR) is 69.0 cm³/mol. The number of sulfone groups is 1. The van der Waals surface area contributed by atoms with Crippen LogP contribution in [0.4, 0.5) is 0 Å². The standard InChI is InChI=1S/C14H14O3S/c1-11(15)12-7-9-14(10-8-12)18(16,17)13-5-3-2-4-6-13/h2-11,15H,1H3. The third-order valence-electron chi connectivity index (χ3n) is 2.73. The van der Waals surface area contributed by atoms with Crippen LogP contribution in [0.2, 0.25) is 0 Å². The summed E-state index contributed by atoms with van der Waals surface area (Å²) in [6.45, 7) is 1.64. The fraction of sp³-hybridized carbons (Fsp3) is 0.143. The summed E-state index contributed by atoms with van der Waals surface area (Å²) in [6.07, 6.45) is -0.599. The van der Waals surface area contributed by atoms with Gasteiger partial charge >= 0.3 is 0 Å². The first-order valence-electron chi connectivity index (χ1n) is 5.60. The summed E-state index contributed by atoms with van der Waals surface area (Å²) in [5.41, 5.74) is 0.696. The first-order valence-corrected chi connectivity index (χ1v) is 7.08. The second-order valence-corrected chi connectivity index (χ2v) is 6.01. The molecule has 0 heterocycles. The fourth-order valence-corrected chi connectivity index (χ4v) is 2.94. The van der Waals surface area contributed by atoms with Crippen molar-refractivity contribution in [2.75, 3.05) is 0 Å². The highest BCUT2D eigenvalue weighted by molar-refractivity contribution is 7.91. The van der Waals surface area contributed by atoms with Crippen molar-refractivity contribution < 1.29 is 13.5 Å². The number of rotatable bonds is 3. The van der Waals surface area contributed by atoms with Crippen LogP contribution >= 0.6 is 0 Å². The Bertz CT molecular complexity index is 614. The monoisotopic (exact) mass is 262 g/mol. The zero-order valence-electron chi connectivity index (χ0n) is 9.95. The summed E-state index contributed by atoms with van der Waals surface area (Å²) in [4.78, 5) is 0.507. The van der Waals surface area contributed by atoms with Crippen molar-refractivity contribution in [1.29, 1.82) is 0 Å². The van der Waals surface area contributed by atoms with E-state index in [1.165, 1.54) is 12.1 Å². The Morgan fingerprint density at radius 2 is 1.39 bits per heavy atom. The zero-order valence-corrected chi connectivity index (χ0v) is 10.8. The largest absolute Gasteiger partial charge is 0.389 e. The first-order chi connectivity index (χ1) is 8.51. The van der Waals surface area contributed by atoms with E-state index in [2.05, 4.69) is 0 Å². The minimum absolute atomic E-state index is 0.234. The van der Waals surface area contributed by atoms with Crippen LogP contribution in [0.5, 0.6) is 0 Å². The van der Waals surface area contributed by atoms with Crippen LogP contribution in [0.1, 0.15) is 18.6 Å². The van der Waals surface area contributed by atoms with E-state index >= 15 is 0 Å². The molecule has 94 valence electrons. The molecule has 0 radical (unpaired) electrons. The molecule has 2 aromatic rings. The van der Waals surface area contributed by atoms with Gasteiger partial charge in [-0.05, 0) is 36.8 Å². The van der Waals surface area contributed by atoms with Gasteiger partial charge in [0.25, 0.3) is 0 Å². The molecule has 0 aliphatic heterocycles. The van der Waals surface area contributed by atoms with Gasteiger partial charge in [-0.15, -0.1) is 0 Å². The number of aliphatic hydroxyl groups excluding tert-OH is 1.